The van der Waals surface area contributed by atoms with E-state index in [9.17, 15) is 5.11 Å². The molecule has 0 atom stereocenters. The Morgan fingerprint density at radius 1 is 1.20 bits per heavy atom. The first-order valence-electron chi connectivity index (χ1n) is 7.27. The van der Waals surface area contributed by atoms with Crippen molar-refractivity contribution in [3.05, 3.63) is 42.2 Å². The van der Waals surface area contributed by atoms with Crippen LogP contribution in [0.15, 0.2) is 41.4 Å². The van der Waals surface area contributed by atoms with Crippen molar-refractivity contribution in [1.82, 2.24) is 9.78 Å². The molecule has 1 aliphatic rings. The van der Waals surface area contributed by atoms with E-state index in [4.69, 9.17) is 5.10 Å². The van der Waals surface area contributed by atoms with Gasteiger partial charge in [0.15, 0.2) is 0 Å². The van der Waals surface area contributed by atoms with Crippen molar-refractivity contribution in [2.75, 3.05) is 0 Å². The normalized spacial score (nSPS) is 16.4. The first kappa shape index (κ1) is 13.6. The zero-order valence-corrected chi connectivity index (χ0v) is 12.4. The Morgan fingerprint density at radius 2 is 2.05 bits per heavy atom. The molecule has 1 heterocycles. The van der Waals surface area contributed by atoms with Gasteiger partial charge in [-0.15, -0.1) is 11.8 Å². The molecule has 0 spiro atoms. The van der Waals surface area contributed by atoms with Crippen molar-refractivity contribution in [3.8, 4) is 5.75 Å². The van der Waals surface area contributed by atoms with E-state index < -0.39 is 0 Å². The van der Waals surface area contributed by atoms with Gasteiger partial charge in [0.2, 0.25) is 0 Å². The van der Waals surface area contributed by atoms with Gasteiger partial charge in [0.05, 0.1) is 11.7 Å². The Kier molecular flexibility index (Phi) is 4.31. The van der Waals surface area contributed by atoms with Crippen LogP contribution in [-0.4, -0.2) is 14.9 Å². The Labute approximate surface area is 124 Å². The van der Waals surface area contributed by atoms with Crippen LogP contribution in [0.4, 0.5) is 0 Å². The third kappa shape index (κ3) is 3.37. The van der Waals surface area contributed by atoms with Gasteiger partial charge in [-0.05, 0) is 37.1 Å². The molecule has 1 aromatic heterocycles. The maximum Gasteiger partial charge on any atom is 0.116 e. The molecule has 0 amide bonds. The van der Waals surface area contributed by atoms with E-state index in [0.29, 0.717) is 11.8 Å². The van der Waals surface area contributed by atoms with Gasteiger partial charge >= 0.3 is 0 Å². The van der Waals surface area contributed by atoms with Crippen LogP contribution in [0, 0.1) is 0 Å². The quantitative estimate of drug-likeness (QED) is 0.848. The molecule has 1 aromatic carbocycles. The minimum Gasteiger partial charge on any atom is -0.508 e. The van der Waals surface area contributed by atoms with Crippen molar-refractivity contribution < 1.29 is 5.11 Å². The summed E-state index contributed by atoms with van der Waals surface area (Å²) < 4.78 is 2.15. The third-order valence-electron chi connectivity index (χ3n) is 3.82. The molecule has 0 radical (unpaired) electrons. The maximum atomic E-state index is 9.45. The molecule has 1 N–H and O–H groups in total. The number of benzene rings is 1. The van der Waals surface area contributed by atoms with Gasteiger partial charge in [0, 0.05) is 16.8 Å². The van der Waals surface area contributed by atoms with Crippen molar-refractivity contribution in [3.63, 3.8) is 0 Å². The van der Waals surface area contributed by atoms with E-state index in [2.05, 4.69) is 16.9 Å². The summed E-state index contributed by atoms with van der Waals surface area (Å²) in [5, 5.41) is 14.2. The SMILES string of the molecule is Oc1cccc(SCc2ccn(C3CCCCC3)n2)c1. The van der Waals surface area contributed by atoms with Gasteiger partial charge < -0.3 is 5.11 Å². The van der Waals surface area contributed by atoms with E-state index >= 15 is 0 Å². The Bertz CT molecular complexity index is 561. The number of thioether (sulfide) groups is 1. The van der Waals surface area contributed by atoms with Crippen LogP contribution in [-0.2, 0) is 5.75 Å². The van der Waals surface area contributed by atoms with Crippen LogP contribution >= 0.6 is 11.8 Å². The molecule has 0 saturated heterocycles. The summed E-state index contributed by atoms with van der Waals surface area (Å²) in [6.45, 7) is 0. The van der Waals surface area contributed by atoms with E-state index in [-0.39, 0.29) is 0 Å². The highest BCUT2D eigenvalue weighted by Crippen LogP contribution is 2.29. The van der Waals surface area contributed by atoms with Crippen molar-refractivity contribution in [2.24, 2.45) is 0 Å². The van der Waals surface area contributed by atoms with Crippen LogP contribution in [0.3, 0.4) is 0 Å². The summed E-state index contributed by atoms with van der Waals surface area (Å²) in [5.74, 6) is 1.17. The highest BCUT2D eigenvalue weighted by Gasteiger charge is 2.15. The second-order valence-corrected chi connectivity index (χ2v) is 6.41. The van der Waals surface area contributed by atoms with Crippen molar-refractivity contribution >= 4 is 11.8 Å². The second kappa shape index (κ2) is 6.35. The third-order valence-corrected chi connectivity index (χ3v) is 4.84. The summed E-state index contributed by atoms with van der Waals surface area (Å²) >= 11 is 1.71. The lowest BCUT2D eigenvalue weighted by Gasteiger charge is -2.21. The van der Waals surface area contributed by atoms with Gasteiger partial charge in [-0.1, -0.05) is 25.3 Å². The second-order valence-electron chi connectivity index (χ2n) is 5.36. The minimum absolute atomic E-state index is 0.322. The predicted molar refractivity (Wildman–Crippen MR) is 82.0 cm³/mol. The molecule has 4 heteroatoms. The van der Waals surface area contributed by atoms with Crippen LogP contribution < -0.4 is 0 Å². The summed E-state index contributed by atoms with van der Waals surface area (Å²) in [5.41, 5.74) is 1.11. The smallest absolute Gasteiger partial charge is 0.116 e. The first-order valence-corrected chi connectivity index (χ1v) is 8.26. The molecule has 3 rings (SSSR count). The average Bonchev–Trinajstić information content (AvgIpc) is 2.95. The van der Waals surface area contributed by atoms with E-state index in [1.807, 2.05) is 12.1 Å². The molecule has 0 bridgehead atoms. The molecule has 1 fully saturated rings. The van der Waals surface area contributed by atoms with Crippen molar-refractivity contribution in [2.45, 2.75) is 48.8 Å². The molecule has 2 aromatic rings. The lowest BCUT2D eigenvalue weighted by molar-refractivity contribution is 0.328. The highest BCUT2D eigenvalue weighted by atomic mass is 32.2. The van der Waals surface area contributed by atoms with Crippen LogP contribution in [0.25, 0.3) is 0 Å². The molecule has 20 heavy (non-hydrogen) atoms. The first-order chi connectivity index (χ1) is 9.81. The van der Waals surface area contributed by atoms with Crippen LogP contribution in [0.5, 0.6) is 5.75 Å². The number of nitrogens with zero attached hydrogens (tertiary/aromatic N) is 2. The highest BCUT2D eigenvalue weighted by molar-refractivity contribution is 7.98. The van der Waals surface area contributed by atoms with Gasteiger partial charge in [-0.3, -0.25) is 4.68 Å². The Hall–Kier alpha value is -1.42. The fourth-order valence-electron chi connectivity index (χ4n) is 2.73. The van der Waals surface area contributed by atoms with Crippen LogP contribution in [0.1, 0.15) is 43.8 Å². The zero-order valence-electron chi connectivity index (χ0n) is 11.5. The largest absolute Gasteiger partial charge is 0.508 e. The lowest BCUT2D eigenvalue weighted by atomic mass is 9.96. The number of hydrogen-bond acceptors (Lipinski definition) is 3. The van der Waals surface area contributed by atoms with Gasteiger partial charge in [0.1, 0.15) is 5.75 Å². The molecule has 3 nitrogen and oxygen atoms in total. The Balaban J connectivity index is 1.59. The molecular weight excluding hydrogens is 268 g/mol. The number of aromatic nitrogens is 2. The molecular formula is C16H20N2OS. The molecule has 106 valence electrons. The number of rotatable bonds is 4. The monoisotopic (exact) mass is 288 g/mol. The summed E-state index contributed by atoms with van der Waals surface area (Å²) in [4.78, 5) is 1.08. The zero-order chi connectivity index (χ0) is 13.8. The summed E-state index contributed by atoms with van der Waals surface area (Å²) in [6, 6.07) is 10.1. The van der Waals surface area contributed by atoms with Gasteiger partial charge in [-0.2, -0.15) is 5.10 Å². The van der Waals surface area contributed by atoms with E-state index in [1.54, 1.807) is 23.9 Å². The molecule has 1 saturated carbocycles. The molecule has 0 unspecified atom stereocenters. The van der Waals surface area contributed by atoms with E-state index in [0.717, 1.165) is 16.3 Å². The maximum absolute atomic E-state index is 9.45. The number of phenols is 1. The lowest BCUT2D eigenvalue weighted by Crippen LogP contribution is -2.13. The molecule has 1 aliphatic carbocycles. The fourth-order valence-corrected chi connectivity index (χ4v) is 3.58. The fraction of sp³-hybridized carbons (Fsp3) is 0.438. The predicted octanol–water partition coefficient (Wildman–Crippen LogP) is 4.39. The Morgan fingerprint density at radius 3 is 2.85 bits per heavy atom. The van der Waals surface area contributed by atoms with Gasteiger partial charge in [0.25, 0.3) is 0 Å². The van der Waals surface area contributed by atoms with Gasteiger partial charge in [-0.25, -0.2) is 0 Å². The number of hydrogen-bond donors (Lipinski definition) is 1. The minimum atomic E-state index is 0.322. The standard InChI is InChI=1S/C16H20N2OS/c19-15-7-4-8-16(11-15)20-12-13-9-10-18(17-13)14-5-2-1-3-6-14/h4,7-11,14,19H,1-3,5-6,12H2. The summed E-state index contributed by atoms with van der Waals surface area (Å²) in [7, 11) is 0. The van der Waals surface area contributed by atoms with Crippen molar-refractivity contribution in [1.29, 1.82) is 0 Å². The van der Waals surface area contributed by atoms with E-state index in [1.165, 1.54) is 32.1 Å². The number of phenolic OH excluding ortho intramolecular Hbond substituents is 1. The average molecular weight is 288 g/mol. The molecule has 0 aliphatic heterocycles. The summed E-state index contributed by atoms with van der Waals surface area (Å²) in [6.07, 6.45) is 8.68. The number of aromatic hydroxyl groups is 1. The van der Waals surface area contributed by atoms with Crippen LogP contribution in [0.2, 0.25) is 0 Å². The topological polar surface area (TPSA) is 38.0 Å².